The fourth-order valence-corrected chi connectivity index (χ4v) is 2.50. The van der Waals surface area contributed by atoms with E-state index >= 15 is 0 Å². The lowest BCUT2D eigenvalue weighted by atomic mass is 9.80. The number of furan rings is 1. The molecule has 2 heteroatoms. The predicted molar refractivity (Wildman–Crippen MR) is 65.1 cm³/mol. The molecule has 1 aliphatic carbocycles. The van der Waals surface area contributed by atoms with E-state index in [0.29, 0.717) is 0 Å². The summed E-state index contributed by atoms with van der Waals surface area (Å²) >= 11 is 0. The second kappa shape index (κ2) is 3.95. The van der Waals surface area contributed by atoms with Crippen molar-refractivity contribution >= 4 is 11.0 Å². The van der Waals surface area contributed by atoms with E-state index in [2.05, 4.69) is 6.07 Å². The molecular formula is C14H17NO. The minimum atomic E-state index is 0.133. The molecule has 0 aliphatic heterocycles. The van der Waals surface area contributed by atoms with Crippen LogP contribution in [0.4, 0.5) is 0 Å². The molecule has 1 unspecified atom stereocenters. The maximum absolute atomic E-state index is 6.26. The summed E-state index contributed by atoms with van der Waals surface area (Å²) < 4.78 is 5.52. The Hall–Kier alpha value is -1.28. The Morgan fingerprint density at radius 3 is 2.88 bits per heavy atom. The summed E-state index contributed by atoms with van der Waals surface area (Å²) in [6, 6.07) is 8.25. The molecule has 2 N–H and O–H groups in total. The van der Waals surface area contributed by atoms with Gasteiger partial charge in [-0.15, -0.1) is 0 Å². The van der Waals surface area contributed by atoms with Crippen molar-refractivity contribution in [1.29, 1.82) is 0 Å². The van der Waals surface area contributed by atoms with Crippen LogP contribution in [0.1, 0.15) is 37.3 Å². The van der Waals surface area contributed by atoms with Crippen LogP contribution in [-0.4, -0.2) is 0 Å². The lowest BCUT2D eigenvalue weighted by molar-refractivity contribution is 0.277. The second-order valence-electron chi connectivity index (χ2n) is 4.83. The SMILES string of the molecule is NC(CC1CCC1)c1coc2ccccc12. The molecule has 0 bridgehead atoms. The molecule has 0 spiro atoms. The van der Waals surface area contributed by atoms with Gasteiger partial charge in [-0.05, 0) is 18.4 Å². The molecule has 0 saturated heterocycles. The lowest BCUT2D eigenvalue weighted by Crippen LogP contribution is -2.19. The molecule has 1 heterocycles. The van der Waals surface area contributed by atoms with E-state index < -0.39 is 0 Å². The molecule has 2 nitrogen and oxygen atoms in total. The van der Waals surface area contributed by atoms with Crippen LogP contribution in [0.2, 0.25) is 0 Å². The summed E-state index contributed by atoms with van der Waals surface area (Å²) in [6.07, 6.45) is 7.01. The van der Waals surface area contributed by atoms with Crippen molar-refractivity contribution in [2.45, 2.75) is 31.7 Å². The van der Waals surface area contributed by atoms with E-state index in [1.54, 1.807) is 0 Å². The van der Waals surface area contributed by atoms with Crippen LogP contribution in [0, 0.1) is 5.92 Å². The monoisotopic (exact) mass is 215 g/mol. The molecular weight excluding hydrogens is 198 g/mol. The Balaban J connectivity index is 1.86. The highest BCUT2D eigenvalue weighted by Crippen LogP contribution is 2.35. The number of rotatable bonds is 3. The Morgan fingerprint density at radius 1 is 1.31 bits per heavy atom. The Bertz CT molecular complexity index is 484. The van der Waals surface area contributed by atoms with Gasteiger partial charge in [-0.25, -0.2) is 0 Å². The zero-order valence-electron chi connectivity index (χ0n) is 9.36. The van der Waals surface area contributed by atoms with Crippen molar-refractivity contribution in [1.82, 2.24) is 0 Å². The first kappa shape index (κ1) is 9.91. The van der Waals surface area contributed by atoms with Crippen molar-refractivity contribution in [3.05, 3.63) is 36.1 Å². The average molecular weight is 215 g/mol. The van der Waals surface area contributed by atoms with Gasteiger partial charge in [0.05, 0.1) is 6.26 Å². The summed E-state index contributed by atoms with van der Waals surface area (Å²) in [4.78, 5) is 0. The predicted octanol–water partition coefficient (Wildman–Crippen LogP) is 3.62. The largest absolute Gasteiger partial charge is 0.464 e. The molecule has 1 aliphatic rings. The maximum Gasteiger partial charge on any atom is 0.134 e. The minimum Gasteiger partial charge on any atom is -0.464 e. The molecule has 1 atom stereocenters. The van der Waals surface area contributed by atoms with Crippen molar-refractivity contribution in [2.24, 2.45) is 11.7 Å². The van der Waals surface area contributed by atoms with Crippen molar-refractivity contribution in [2.75, 3.05) is 0 Å². The van der Waals surface area contributed by atoms with Gasteiger partial charge in [-0.3, -0.25) is 0 Å². The van der Waals surface area contributed by atoms with E-state index in [-0.39, 0.29) is 6.04 Å². The van der Waals surface area contributed by atoms with Gasteiger partial charge in [-0.1, -0.05) is 37.5 Å². The Morgan fingerprint density at radius 2 is 2.12 bits per heavy atom. The van der Waals surface area contributed by atoms with Gasteiger partial charge in [0.15, 0.2) is 0 Å². The van der Waals surface area contributed by atoms with Crippen LogP contribution in [0.3, 0.4) is 0 Å². The van der Waals surface area contributed by atoms with E-state index in [1.165, 1.54) is 30.2 Å². The first-order valence-electron chi connectivity index (χ1n) is 6.06. The van der Waals surface area contributed by atoms with Gasteiger partial charge < -0.3 is 10.2 Å². The van der Waals surface area contributed by atoms with Gasteiger partial charge in [-0.2, -0.15) is 0 Å². The minimum absolute atomic E-state index is 0.133. The van der Waals surface area contributed by atoms with Crippen LogP contribution in [-0.2, 0) is 0 Å². The fourth-order valence-electron chi connectivity index (χ4n) is 2.50. The van der Waals surface area contributed by atoms with Gasteiger partial charge in [0.25, 0.3) is 0 Å². The van der Waals surface area contributed by atoms with Crippen LogP contribution >= 0.6 is 0 Å². The smallest absolute Gasteiger partial charge is 0.134 e. The van der Waals surface area contributed by atoms with E-state index in [4.69, 9.17) is 10.2 Å². The summed E-state index contributed by atoms with van der Waals surface area (Å²) in [5.74, 6) is 0.837. The number of para-hydroxylation sites is 1. The van der Waals surface area contributed by atoms with Gasteiger partial charge in [0, 0.05) is 17.0 Å². The highest BCUT2D eigenvalue weighted by atomic mass is 16.3. The first-order chi connectivity index (χ1) is 7.84. The number of hydrogen-bond acceptors (Lipinski definition) is 2. The highest BCUT2D eigenvalue weighted by molar-refractivity contribution is 5.81. The van der Waals surface area contributed by atoms with Gasteiger partial charge >= 0.3 is 0 Å². The molecule has 3 rings (SSSR count). The van der Waals surface area contributed by atoms with Crippen LogP contribution in [0.25, 0.3) is 11.0 Å². The van der Waals surface area contributed by atoms with E-state index in [9.17, 15) is 0 Å². The van der Waals surface area contributed by atoms with Crippen LogP contribution < -0.4 is 5.73 Å². The quantitative estimate of drug-likeness (QED) is 0.849. The third-order valence-electron chi connectivity index (χ3n) is 3.72. The number of nitrogens with two attached hydrogens (primary N) is 1. The zero-order valence-corrected chi connectivity index (χ0v) is 9.36. The molecule has 1 fully saturated rings. The highest BCUT2D eigenvalue weighted by Gasteiger charge is 2.22. The van der Waals surface area contributed by atoms with Gasteiger partial charge in [0.2, 0.25) is 0 Å². The molecule has 1 aromatic heterocycles. The summed E-state index contributed by atoms with van der Waals surface area (Å²) in [6.45, 7) is 0. The number of benzene rings is 1. The first-order valence-corrected chi connectivity index (χ1v) is 6.06. The molecule has 84 valence electrons. The van der Waals surface area contributed by atoms with Gasteiger partial charge in [0.1, 0.15) is 5.58 Å². The molecule has 0 amide bonds. The van der Waals surface area contributed by atoms with Crippen LogP contribution in [0.15, 0.2) is 34.9 Å². The molecule has 16 heavy (non-hydrogen) atoms. The summed E-state index contributed by atoms with van der Waals surface area (Å²) in [7, 11) is 0. The fraction of sp³-hybridized carbons (Fsp3) is 0.429. The van der Waals surface area contributed by atoms with E-state index in [0.717, 1.165) is 17.9 Å². The zero-order chi connectivity index (χ0) is 11.0. The summed E-state index contributed by atoms with van der Waals surface area (Å²) in [5.41, 5.74) is 8.37. The molecule has 1 saturated carbocycles. The Labute approximate surface area is 95.4 Å². The summed E-state index contributed by atoms with van der Waals surface area (Å²) in [5, 5.41) is 1.18. The number of fused-ring (bicyclic) bond motifs is 1. The normalized spacial score (nSPS) is 18.6. The third-order valence-corrected chi connectivity index (χ3v) is 3.72. The number of hydrogen-bond donors (Lipinski definition) is 1. The van der Waals surface area contributed by atoms with Crippen molar-refractivity contribution < 1.29 is 4.42 Å². The maximum atomic E-state index is 6.26. The van der Waals surface area contributed by atoms with Crippen molar-refractivity contribution in [3.8, 4) is 0 Å². The second-order valence-corrected chi connectivity index (χ2v) is 4.83. The molecule has 2 aromatic rings. The lowest BCUT2D eigenvalue weighted by Gasteiger charge is -2.27. The standard InChI is InChI=1S/C14H17NO/c15-13(8-10-4-3-5-10)12-9-16-14-7-2-1-6-11(12)14/h1-2,6-7,9-10,13H,3-5,8,15H2. The molecule has 1 aromatic carbocycles. The third kappa shape index (κ3) is 1.63. The average Bonchev–Trinajstić information content (AvgIpc) is 2.67. The Kier molecular flexibility index (Phi) is 2.44. The van der Waals surface area contributed by atoms with E-state index in [1.807, 2.05) is 24.5 Å². The topological polar surface area (TPSA) is 39.2 Å². The van der Waals surface area contributed by atoms with Crippen LogP contribution in [0.5, 0.6) is 0 Å². The van der Waals surface area contributed by atoms with Crippen molar-refractivity contribution in [3.63, 3.8) is 0 Å². The molecule has 0 radical (unpaired) electrons.